The van der Waals surface area contributed by atoms with Gasteiger partial charge >= 0.3 is 0 Å². The predicted molar refractivity (Wildman–Crippen MR) is 99.2 cm³/mol. The van der Waals surface area contributed by atoms with Crippen LogP contribution in [0.15, 0.2) is 55.0 Å². The minimum Gasteiger partial charge on any atom is -0.306 e. The third-order valence-corrected chi connectivity index (χ3v) is 4.97. The molecule has 1 aromatic carbocycles. The largest absolute Gasteiger partial charge is 0.306 e. The number of pyridine rings is 1. The lowest BCUT2D eigenvalue weighted by Gasteiger charge is -2.26. The molecule has 0 fully saturated rings. The Bertz CT molecular complexity index is 867. The number of aromatic nitrogens is 3. The molecule has 0 aliphatic heterocycles. The summed E-state index contributed by atoms with van der Waals surface area (Å²) in [6.07, 6.45) is 8.74. The molecule has 126 valence electrons. The summed E-state index contributed by atoms with van der Waals surface area (Å²) < 4.78 is 0. The van der Waals surface area contributed by atoms with Crippen molar-refractivity contribution in [3.05, 3.63) is 76.8 Å². The number of nitrogens with one attached hydrogen (secondary N) is 1. The zero-order valence-electron chi connectivity index (χ0n) is 13.8. The van der Waals surface area contributed by atoms with Gasteiger partial charge in [0, 0.05) is 53.0 Å². The van der Waals surface area contributed by atoms with Crippen LogP contribution in [0.4, 0.5) is 0 Å². The molecule has 0 saturated carbocycles. The van der Waals surface area contributed by atoms with E-state index in [1.54, 1.807) is 12.4 Å². The van der Waals surface area contributed by atoms with Crippen LogP contribution in [0.2, 0.25) is 5.02 Å². The fourth-order valence-electron chi connectivity index (χ4n) is 3.27. The number of fused-ring (bicyclic) bond motifs is 1. The van der Waals surface area contributed by atoms with Crippen molar-refractivity contribution in [2.45, 2.75) is 31.8 Å². The summed E-state index contributed by atoms with van der Waals surface area (Å²) in [4.78, 5) is 13.5. The SMILES string of the molecule is Clc1ccccc1CN[C@@H]1CCCc2nc(-c3cccnc3)ncc21. The van der Waals surface area contributed by atoms with Crippen molar-refractivity contribution >= 4 is 11.6 Å². The lowest BCUT2D eigenvalue weighted by Crippen LogP contribution is -2.26. The van der Waals surface area contributed by atoms with Gasteiger partial charge in [-0.15, -0.1) is 0 Å². The van der Waals surface area contributed by atoms with Crippen molar-refractivity contribution in [3.8, 4) is 11.4 Å². The molecule has 1 atom stereocenters. The molecule has 4 nitrogen and oxygen atoms in total. The quantitative estimate of drug-likeness (QED) is 0.759. The van der Waals surface area contributed by atoms with Gasteiger partial charge in [-0.25, -0.2) is 9.97 Å². The van der Waals surface area contributed by atoms with Gasteiger partial charge in [-0.05, 0) is 43.0 Å². The second-order valence-corrected chi connectivity index (χ2v) is 6.66. The average molecular weight is 351 g/mol. The lowest BCUT2D eigenvalue weighted by molar-refractivity contribution is 0.452. The smallest absolute Gasteiger partial charge is 0.160 e. The van der Waals surface area contributed by atoms with E-state index in [1.807, 2.05) is 36.5 Å². The van der Waals surface area contributed by atoms with Crippen LogP contribution >= 0.6 is 11.6 Å². The summed E-state index contributed by atoms with van der Waals surface area (Å²) in [5.41, 5.74) is 4.41. The van der Waals surface area contributed by atoms with E-state index in [9.17, 15) is 0 Å². The number of benzene rings is 1. The third-order valence-electron chi connectivity index (χ3n) is 4.60. The van der Waals surface area contributed by atoms with Crippen LogP contribution in [0, 0.1) is 0 Å². The van der Waals surface area contributed by atoms with Crippen molar-refractivity contribution in [1.82, 2.24) is 20.3 Å². The van der Waals surface area contributed by atoms with Crippen LogP contribution in [-0.2, 0) is 13.0 Å². The van der Waals surface area contributed by atoms with Crippen LogP contribution in [0.1, 0.15) is 35.7 Å². The average Bonchev–Trinajstić information content (AvgIpc) is 2.67. The highest BCUT2D eigenvalue weighted by atomic mass is 35.5. The topological polar surface area (TPSA) is 50.7 Å². The Morgan fingerprint density at radius 1 is 1.12 bits per heavy atom. The van der Waals surface area contributed by atoms with E-state index in [0.29, 0.717) is 0 Å². The summed E-state index contributed by atoms with van der Waals surface area (Å²) in [5.74, 6) is 0.749. The molecule has 1 aliphatic carbocycles. The second-order valence-electron chi connectivity index (χ2n) is 6.25. The molecule has 0 unspecified atom stereocenters. The van der Waals surface area contributed by atoms with E-state index in [2.05, 4.69) is 21.4 Å². The Hall–Kier alpha value is -2.30. The molecule has 0 spiro atoms. The summed E-state index contributed by atoms with van der Waals surface area (Å²) in [6.45, 7) is 0.744. The molecule has 2 aromatic heterocycles. The molecular weight excluding hydrogens is 332 g/mol. The molecule has 2 heterocycles. The van der Waals surface area contributed by atoms with Gasteiger partial charge in [-0.3, -0.25) is 4.98 Å². The van der Waals surface area contributed by atoms with E-state index in [0.717, 1.165) is 53.5 Å². The molecule has 0 bridgehead atoms. The normalized spacial score (nSPS) is 16.4. The molecule has 1 N–H and O–H groups in total. The molecular formula is C20H19ClN4. The van der Waals surface area contributed by atoms with Gasteiger partial charge in [0.25, 0.3) is 0 Å². The number of aryl methyl sites for hydroxylation is 1. The highest BCUT2D eigenvalue weighted by molar-refractivity contribution is 6.31. The maximum atomic E-state index is 6.26. The first-order valence-corrected chi connectivity index (χ1v) is 8.92. The van der Waals surface area contributed by atoms with Gasteiger partial charge in [0.1, 0.15) is 0 Å². The van der Waals surface area contributed by atoms with Crippen molar-refractivity contribution in [3.63, 3.8) is 0 Å². The molecule has 0 amide bonds. The molecule has 5 heteroatoms. The number of halogens is 1. The highest BCUT2D eigenvalue weighted by Crippen LogP contribution is 2.30. The molecule has 25 heavy (non-hydrogen) atoms. The first-order valence-electron chi connectivity index (χ1n) is 8.54. The summed E-state index contributed by atoms with van der Waals surface area (Å²) in [7, 11) is 0. The predicted octanol–water partition coefficient (Wildman–Crippen LogP) is 4.36. The van der Waals surface area contributed by atoms with Crippen LogP contribution in [-0.4, -0.2) is 15.0 Å². The third kappa shape index (κ3) is 3.55. The Balaban J connectivity index is 1.55. The van der Waals surface area contributed by atoms with Gasteiger partial charge in [0.2, 0.25) is 0 Å². The maximum absolute atomic E-state index is 6.26. The Morgan fingerprint density at radius 3 is 2.88 bits per heavy atom. The van der Waals surface area contributed by atoms with Crippen molar-refractivity contribution < 1.29 is 0 Å². The zero-order chi connectivity index (χ0) is 17.1. The van der Waals surface area contributed by atoms with E-state index < -0.39 is 0 Å². The van der Waals surface area contributed by atoms with Gasteiger partial charge in [0.15, 0.2) is 5.82 Å². The number of nitrogens with zero attached hydrogens (tertiary/aromatic N) is 3. The Morgan fingerprint density at radius 2 is 2.04 bits per heavy atom. The Labute approximate surface area is 152 Å². The molecule has 3 aromatic rings. The molecule has 0 radical (unpaired) electrons. The molecule has 1 aliphatic rings. The standard InChI is InChI=1S/C20H19ClN4/c21-17-7-2-1-5-14(17)12-23-18-8-3-9-19-16(18)13-24-20(25-19)15-6-4-10-22-11-15/h1-2,4-7,10-11,13,18,23H,3,8-9,12H2/t18-/m1/s1. The number of hydrogen-bond acceptors (Lipinski definition) is 4. The molecule has 0 saturated heterocycles. The first-order chi connectivity index (χ1) is 12.3. The number of hydrogen-bond donors (Lipinski definition) is 1. The van der Waals surface area contributed by atoms with Gasteiger partial charge in [-0.2, -0.15) is 0 Å². The van der Waals surface area contributed by atoms with Crippen LogP contribution in [0.25, 0.3) is 11.4 Å². The van der Waals surface area contributed by atoms with E-state index in [4.69, 9.17) is 16.6 Å². The van der Waals surface area contributed by atoms with E-state index in [-0.39, 0.29) is 6.04 Å². The van der Waals surface area contributed by atoms with Gasteiger partial charge < -0.3 is 5.32 Å². The van der Waals surface area contributed by atoms with E-state index in [1.165, 1.54) is 5.56 Å². The summed E-state index contributed by atoms with van der Waals surface area (Å²) in [5, 5.41) is 4.42. The first kappa shape index (κ1) is 16.2. The minimum absolute atomic E-state index is 0.267. The second kappa shape index (κ2) is 7.30. The van der Waals surface area contributed by atoms with Crippen molar-refractivity contribution in [2.75, 3.05) is 0 Å². The van der Waals surface area contributed by atoms with Crippen molar-refractivity contribution in [1.29, 1.82) is 0 Å². The van der Waals surface area contributed by atoms with Gasteiger partial charge in [-0.1, -0.05) is 29.8 Å². The minimum atomic E-state index is 0.267. The van der Waals surface area contributed by atoms with Crippen LogP contribution in [0.5, 0.6) is 0 Å². The maximum Gasteiger partial charge on any atom is 0.160 e. The summed E-state index contributed by atoms with van der Waals surface area (Å²) >= 11 is 6.26. The fraction of sp³-hybridized carbons (Fsp3) is 0.250. The van der Waals surface area contributed by atoms with Crippen LogP contribution < -0.4 is 5.32 Å². The lowest BCUT2D eigenvalue weighted by atomic mass is 9.92. The van der Waals surface area contributed by atoms with Gasteiger partial charge in [0.05, 0.1) is 0 Å². The fourth-order valence-corrected chi connectivity index (χ4v) is 3.47. The Kier molecular flexibility index (Phi) is 4.72. The monoisotopic (exact) mass is 350 g/mol. The molecule has 4 rings (SSSR count). The van der Waals surface area contributed by atoms with Crippen molar-refractivity contribution in [2.24, 2.45) is 0 Å². The summed E-state index contributed by atoms with van der Waals surface area (Å²) in [6, 6.07) is 12.1. The van der Waals surface area contributed by atoms with E-state index >= 15 is 0 Å². The highest BCUT2D eigenvalue weighted by Gasteiger charge is 2.22. The number of rotatable bonds is 4. The van der Waals surface area contributed by atoms with Crippen LogP contribution in [0.3, 0.4) is 0 Å². The zero-order valence-corrected chi connectivity index (χ0v) is 14.6.